The van der Waals surface area contributed by atoms with Crippen molar-refractivity contribution in [2.45, 2.75) is 25.9 Å². The summed E-state index contributed by atoms with van der Waals surface area (Å²) < 4.78 is 4.68. The predicted octanol–water partition coefficient (Wildman–Crippen LogP) is 1.79. The van der Waals surface area contributed by atoms with Gasteiger partial charge >= 0.3 is 5.97 Å². The molecular weight excluding hydrogens is 198 g/mol. The highest BCUT2D eigenvalue weighted by molar-refractivity contribution is 7.09. The Morgan fingerprint density at radius 3 is 3.00 bits per heavy atom. The zero-order valence-corrected chi connectivity index (χ0v) is 9.26. The van der Waals surface area contributed by atoms with Crippen LogP contribution in [-0.2, 0) is 16.1 Å². The second kappa shape index (κ2) is 5.78. The zero-order valence-electron chi connectivity index (χ0n) is 8.45. The Labute approximate surface area is 88.1 Å². The van der Waals surface area contributed by atoms with E-state index in [2.05, 4.69) is 10.1 Å². The van der Waals surface area contributed by atoms with Gasteiger partial charge in [-0.3, -0.25) is 10.1 Å². The van der Waals surface area contributed by atoms with Gasteiger partial charge in [-0.15, -0.1) is 11.3 Å². The summed E-state index contributed by atoms with van der Waals surface area (Å²) >= 11 is 1.68. The molecule has 0 saturated carbocycles. The summed E-state index contributed by atoms with van der Waals surface area (Å²) in [6.45, 7) is 2.69. The second-order valence-electron chi connectivity index (χ2n) is 2.94. The molecule has 0 aliphatic rings. The molecular formula is C10H15NO2S. The zero-order chi connectivity index (χ0) is 10.4. The van der Waals surface area contributed by atoms with E-state index in [1.807, 2.05) is 24.4 Å². The standard InChI is InChI=1S/C10H15NO2S/c1-3-9(10(12)13-2)11-7-8-5-4-6-14-8/h4-6,9,11H,3,7H2,1-2H3. The van der Waals surface area contributed by atoms with Crippen molar-refractivity contribution in [1.82, 2.24) is 5.32 Å². The molecule has 1 atom stereocenters. The molecule has 0 bridgehead atoms. The summed E-state index contributed by atoms with van der Waals surface area (Å²) in [5.41, 5.74) is 0. The molecule has 4 heteroatoms. The number of esters is 1. The molecule has 0 fully saturated rings. The lowest BCUT2D eigenvalue weighted by Gasteiger charge is -2.13. The van der Waals surface area contributed by atoms with Crippen molar-refractivity contribution < 1.29 is 9.53 Å². The van der Waals surface area contributed by atoms with E-state index in [-0.39, 0.29) is 12.0 Å². The van der Waals surface area contributed by atoms with E-state index < -0.39 is 0 Å². The topological polar surface area (TPSA) is 38.3 Å². The Balaban J connectivity index is 2.38. The number of carbonyl (C=O) groups excluding carboxylic acids is 1. The van der Waals surface area contributed by atoms with Crippen molar-refractivity contribution >= 4 is 17.3 Å². The van der Waals surface area contributed by atoms with Gasteiger partial charge in [0, 0.05) is 11.4 Å². The van der Waals surface area contributed by atoms with E-state index in [0.717, 1.165) is 13.0 Å². The molecule has 0 spiro atoms. The van der Waals surface area contributed by atoms with Crippen LogP contribution in [0.3, 0.4) is 0 Å². The van der Waals surface area contributed by atoms with Crippen molar-refractivity contribution in [1.29, 1.82) is 0 Å². The first-order chi connectivity index (χ1) is 6.77. The first-order valence-electron chi connectivity index (χ1n) is 4.61. The quantitative estimate of drug-likeness (QED) is 0.758. The van der Waals surface area contributed by atoms with E-state index in [0.29, 0.717) is 0 Å². The number of methoxy groups -OCH3 is 1. The van der Waals surface area contributed by atoms with Crippen LogP contribution in [0, 0.1) is 0 Å². The Bertz CT molecular complexity index is 272. The molecule has 0 radical (unpaired) electrons. The van der Waals surface area contributed by atoms with Crippen molar-refractivity contribution in [2.24, 2.45) is 0 Å². The maximum absolute atomic E-state index is 11.2. The maximum atomic E-state index is 11.2. The molecule has 0 aliphatic heterocycles. The summed E-state index contributed by atoms with van der Waals surface area (Å²) in [5.74, 6) is -0.191. The lowest BCUT2D eigenvalue weighted by atomic mass is 10.2. The van der Waals surface area contributed by atoms with Crippen LogP contribution in [0.2, 0.25) is 0 Å². The minimum atomic E-state index is -0.193. The Kier molecular flexibility index (Phi) is 4.62. The summed E-state index contributed by atoms with van der Waals surface area (Å²) in [5, 5.41) is 5.18. The van der Waals surface area contributed by atoms with Gasteiger partial charge in [-0.2, -0.15) is 0 Å². The number of carbonyl (C=O) groups is 1. The minimum Gasteiger partial charge on any atom is -0.468 e. The van der Waals surface area contributed by atoms with Gasteiger partial charge in [0.05, 0.1) is 7.11 Å². The van der Waals surface area contributed by atoms with Gasteiger partial charge in [-0.05, 0) is 17.9 Å². The monoisotopic (exact) mass is 213 g/mol. The molecule has 1 aromatic heterocycles. The molecule has 0 aliphatic carbocycles. The highest BCUT2D eigenvalue weighted by Crippen LogP contribution is 2.08. The van der Waals surface area contributed by atoms with Crippen LogP contribution in [0.5, 0.6) is 0 Å². The average Bonchev–Trinajstić information content (AvgIpc) is 2.71. The molecule has 1 heterocycles. The molecule has 1 unspecified atom stereocenters. The van der Waals surface area contributed by atoms with Crippen LogP contribution < -0.4 is 5.32 Å². The van der Waals surface area contributed by atoms with E-state index in [1.54, 1.807) is 11.3 Å². The summed E-state index contributed by atoms with van der Waals surface area (Å²) in [4.78, 5) is 12.5. The summed E-state index contributed by atoms with van der Waals surface area (Å²) in [7, 11) is 1.41. The van der Waals surface area contributed by atoms with Gasteiger partial charge in [-0.25, -0.2) is 0 Å². The van der Waals surface area contributed by atoms with Crippen LogP contribution in [0.4, 0.5) is 0 Å². The minimum absolute atomic E-state index is 0.191. The van der Waals surface area contributed by atoms with Crippen molar-refractivity contribution in [3.05, 3.63) is 22.4 Å². The number of rotatable bonds is 5. The van der Waals surface area contributed by atoms with Gasteiger partial charge in [-0.1, -0.05) is 13.0 Å². The Morgan fingerprint density at radius 1 is 1.71 bits per heavy atom. The SMILES string of the molecule is CCC(NCc1cccs1)C(=O)OC. The maximum Gasteiger partial charge on any atom is 0.322 e. The van der Waals surface area contributed by atoms with Crippen LogP contribution in [0.15, 0.2) is 17.5 Å². The highest BCUT2D eigenvalue weighted by atomic mass is 32.1. The van der Waals surface area contributed by atoms with Gasteiger partial charge < -0.3 is 4.74 Å². The Hall–Kier alpha value is -0.870. The molecule has 1 rings (SSSR count). The van der Waals surface area contributed by atoms with E-state index >= 15 is 0 Å². The van der Waals surface area contributed by atoms with E-state index in [9.17, 15) is 4.79 Å². The lowest BCUT2D eigenvalue weighted by molar-refractivity contribution is -0.143. The second-order valence-corrected chi connectivity index (χ2v) is 3.98. The largest absolute Gasteiger partial charge is 0.468 e. The number of nitrogens with one attached hydrogen (secondary N) is 1. The van der Waals surface area contributed by atoms with Gasteiger partial charge in [0.25, 0.3) is 0 Å². The van der Waals surface area contributed by atoms with Crippen LogP contribution >= 0.6 is 11.3 Å². The van der Waals surface area contributed by atoms with E-state index in [1.165, 1.54) is 12.0 Å². The fourth-order valence-electron chi connectivity index (χ4n) is 1.17. The number of ether oxygens (including phenoxy) is 1. The Morgan fingerprint density at radius 2 is 2.50 bits per heavy atom. The summed E-state index contributed by atoms with van der Waals surface area (Å²) in [6, 6.07) is 3.85. The third-order valence-electron chi connectivity index (χ3n) is 2.00. The van der Waals surface area contributed by atoms with Gasteiger partial charge in [0.15, 0.2) is 0 Å². The summed E-state index contributed by atoms with van der Waals surface area (Å²) in [6.07, 6.45) is 0.748. The molecule has 1 N–H and O–H groups in total. The van der Waals surface area contributed by atoms with E-state index in [4.69, 9.17) is 0 Å². The van der Waals surface area contributed by atoms with Crippen molar-refractivity contribution in [3.8, 4) is 0 Å². The predicted molar refractivity (Wildman–Crippen MR) is 57.3 cm³/mol. The first-order valence-corrected chi connectivity index (χ1v) is 5.49. The molecule has 0 saturated heterocycles. The lowest BCUT2D eigenvalue weighted by Crippen LogP contribution is -2.36. The molecule has 78 valence electrons. The molecule has 0 aromatic carbocycles. The average molecular weight is 213 g/mol. The highest BCUT2D eigenvalue weighted by Gasteiger charge is 2.15. The van der Waals surface area contributed by atoms with Crippen molar-refractivity contribution in [3.63, 3.8) is 0 Å². The smallest absolute Gasteiger partial charge is 0.322 e. The third-order valence-corrected chi connectivity index (χ3v) is 2.87. The fourth-order valence-corrected chi connectivity index (χ4v) is 1.83. The normalized spacial score (nSPS) is 12.4. The number of thiophene rings is 1. The molecule has 14 heavy (non-hydrogen) atoms. The number of hydrogen-bond donors (Lipinski definition) is 1. The molecule has 0 amide bonds. The first kappa shape index (κ1) is 11.2. The van der Waals surface area contributed by atoms with Crippen LogP contribution in [0.25, 0.3) is 0 Å². The molecule has 3 nitrogen and oxygen atoms in total. The van der Waals surface area contributed by atoms with Gasteiger partial charge in [0.2, 0.25) is 0 Å². The van der Waals surface area contributed by atoms with Gasteiger partial charge in [0.1, 0.15) is 6.04 Å². The third kappa shape index (κ3) is 3.12. The fraction of sp³-hybridized carbons (Fsp3) is 0.500. The van der Waals surface area contributed by atoms with Crippen LogP contribution in [0.1, 0.15) is 18.2 Å². The van der Waals surface area contributed by atoms with Crippen molar-refractivity contribution in [2.75, 3.05) is 7.11 Å². The molecule has 1 aromatic rings. The van der Waals surface area contributed by atoms with Crippen LogP contribution in [-0.4, -0.2) is 19.1 Å². The number of hydrogen-bond acceptors (Lipinski definition) is 4.